The Hall–Kier alpha value is -2.60. The van der Waals surface area contributed by atoms with Crippen molar-refractivity contribution < 1.29 is 4.79 Å². The molecule has 30 heavy (non-hydrogen) atoms. The van der Waals surface area contributed by atoms with Crippen molar-refractivity contribution in [2.24, 2.45) is 0 Å². The van der Waals surface area contributed by atoms with Crippen molar-refractivity contribution in [1.29, 1.82) is 0 Å². The second-order valence-electron chi connectivity index (χ2n) is 8.16. The van der Waals surface area contributed by atoms with E-state index in [2.05, 4.69) is 80.5 Å². The zero-order valence-corrected chi connectivity index (χ0v) is 19.4. The summed E-state index contributed by atoms with van der Waals surface area (Å²) in [7, 11) is 0. The van der Waals surface area contributed by atoms with Crippen molar-refractivity contribution in [2.75, 3.05) is 11.1 Å². The van der Waals surface area contributed by atoms with E-state index >= 15 is 0 Å². The highest BCUT2D eigenvalue weighted by Crippen LogP contribution is 2.32. The normalized spacial score (nSPS) is 11.3. The van der Waals surface area contributed by atoms with E-state index in [1.165, 1.54) is 28.5 Å². The van der Waals surface area contributed by atoms with E-state index in [0.717, 1.165) is 17.2 Å². The molecule has 0 unspecified atom stereocenters. The maximum atomic E-state index is 12.8. The Morgan fingerprint density at radius 1 is 0.967 bits per heavy atom. The van der Waals surface area contributed by atoms with Gasteiger partial charge in [-0.05, 0) is 48.9 Å². The fraction of sp³-hybridized carbons (Fsp3) is 0.375. The first-order valence-electron chi connectivity index (χ1n) is 10.3. The van der Waals surface area contributed by atoms with Crippen LogP contribution in [-0.2, 0) is 4.79 Å². The molecule has 158 valence electrons. The highest BCUT2D eigenvalue weighted by atomic mass is 32.2. The summed E-state index contributed by atoms with van der Waals surface area (Å²) in [6.45, 7) is 12.6. The van der Waals surface area contributed by atoms with Crippen LogP contribution in [-0.4, -0.2) is 26.4 Å². The molecule has 0 fully saturated rings. The molecule has 1 aromatic heterocycles. The van der Waals surface area contributed by atoms with Gasteiger partial charge in [-0.25, -0.2) is 0 Å². The lowest BCUT2D eigenvalue weighted by Gasteiger charge is -2.20. The minimum Gasteiger partial charge on any atom is -0.325 e. The minimum absolute atomic E-state index is 0.0360. The monoisotopic (exact) mass is 422 g/mol. The van der Waals surface area contributed by atoms with E-state index in [1.54, 1.807) is 0 Å². The summed E-state index contributed by atoms with van der Waals surface area (Å²) in [5.74, 6) is 1.70. The molecule has 0 atom stereocenters. The Kier molecular flexibility index (Phi) is 6.98. The first kappa shape index (κ1) is 22.1. The molecule has 3 aromatic rings. The van der Waals surface area contributed by atoms with Gasteiger partial charge in [0, 0.05) is 11.4 Å². The third kappa shape index (κ3) is 4.93. The molecule has 0 bridgehead atoms. The standard InChI is InChI=1S/C24H30N4OS/c1-15(2)20-8-7-9-21(16(3)4)23(20)25-22(29)14-30-24-27-26-18(6)28(24)19-12-10-17(5)11-13-19/h7-13,15-16H,14H2,1-6H3,(H,25,29). The molecule has 1 heterocycles. The number of benzene rings is 2. The first-order valence-corrected chi connectivity index (χ1v) is 11.3. The number of aryl methyl sites for hydroxylation is 2. The third-order valence-electron chi connectivity index (χ3n) is 5.06. The van der Waals surface area contributed by atoms with E-state index in [9.17, 15) is 4.79 Å². The quantitative estimate of drug-likeness (QED) is 0.484. The first-order chi connectivity index (χ1) is 14.3. The SMILES string of the molecule is Cc1ccc(-n2c(C)nnc2SCC(=O)Nc2c(C(C)C)cccc2C(C)C)cc1. The van der Waals surface area contributed by atoms with E-state index < -0.39 is 0 Å². The Morgan fingerprint density at radius 2 is 1.57 bits per heavy atom. The van der Waals surface area contributed by atoms with Crippen LogP contribution in [0, 0.1) is 13.8 Å². The van der Waals surface area contributed by atoms with Gasteiger partial charge in [0.2, 0.25) is 5.91 Å². The molecule has 0 saturated carbocycles. The van der Waals surface area contributed by atoms with Crippen LogP contribution in [0.15, 0.2) is 47.6 Å². The second kappa shape index (κ2) is 9.47. The molecule has 6 heteroatoms. The van der Waals surface area contributed by atoms with Crippen LogP contribution in [0.2, 0.25) is 0 Å². The van der Waals surface area contributed by atoms with Crippen molar-refractivity contribution in [3.05, 3.63) is 65.0 Å². The number of anilines is 1. The maximum Gasteiger partial charge on any atom is 0.234 e. The molecule has 1 N–H and O–H groups in total. The van der Waals surface area contributed by atoms with Crippen molar-refractivity contribution in [2.45, 2.75) is 58.5 Å². The lowest BCUT2D eigenvalue weighted by Crippen LogP contribution is -2.18. The topological polar surface area (TPSA) is 59.8 Å². The predicted molar refractivity (Wildman–Crippen MR) is 125 cm³/mol. The number of carbonyl (C=O) groups excluding carboxylic acids is 1. The molecule has 0 saturated heterocycles. The van der Waals surface area contributed by atoms with Gasteiger partial charge in [0.25, 0.3) is 0 Å². The highest BCUT2D eigenvalue weighted by molar-refractivity contribution is 7.99. The van der Waals surface area contributed by atoms with Gasteiger partial charge in [0.1, 0.15) is 5.82 Å². The Labute approximate surface area is 183 Å². The van der Waals surface area contributed by atoms with Crippen molar-refractivity contribution in [1.82, 2.24) is 14.8 Å². The van der Waals surface area contributed by atoms with Crippen LogP contribution in [0.5, 0.6) is 0 Å². The van der Waals surface area contributed by atoms with Crippen LogP contribution >= 0.6 is 11.8 Å². The Morgan fingerprint density at radius 3 is 2.13 bits per heavy atom. The minimum atomic E-state index is -0.0360. The van der Waals surface area contributed by atoms with E-state index in [-0.39, 0.29) is 11.7 Å². The number of nitrogens with one attached hydrogen (secondary N) is 1. The number of thioether (sulfide) groups is 1. The lowest BCUT2D eigenvalue weighted by molar-refractivity contribution is -0.113. The van der Waals surface area contributed by atoms with E-state index in [1.807, 2.05) is 23.6 Å². The zero-order chi connectivity index (χ0) is 21.8. The summed E-state index contributed by atoms with van der Waals surface area (Å²) in [6.07, 6.45) is 0. The fourth-order valence-electron chi connectivity index (χ4n) is 3.43. The number of hydrogen-bond donors (Lipinski definition) is 1. The van der Waals surface area contributed by atoms with Crippen LogP contribution in [0.1, 0.15) is 62.0 Å². The fourth-order valence-corrected chi connectivity index (χ4v) is 4.23. The summed E-state index contributed by atoms with van der Waals surface area (Å²) in [6, 6.07) is 14.5. The number of amides is 1. The molecule has 5 nitrogen and oxygen atoms in total. The van der Waals surface area contributed by atoms with Gasteiger partial charge in [-0.2, -0.15) is 0 Å². The van der Waals surface area contributed by atoms with Gasteiger partial charge in [0.15, 0.2) is 5.16 Å². The van der Waals surface area contributed by atoms with E-state index in [4.69, 9.17) is 0 Å². The second-order valence-corrected chi connectivity index (χ2v) is 9.10. The summed E-state index contributed by atoms with van der Waals surface area (Å²) in [5, 5.41) is 12.4. The Bertz CT molecular complexity index is 996. The molecule has 0 aliphatic heterocycles. The van der Waals surface area contributed by atoms with Gasteiger partial charge in [-0.15, -0.1) is 10.2 Å². The van der Waals surface area contributed by atoms with Gasteiger partial charge < -0.3 is 5.32 Å². The number of aromatic nitrogens is 3. The lowest BCUT2D eigenvalue weighted by atomic mass is 9.92. The molecule has 1 amide bonds. The van der Waals surface area contributed by atoms with Gasteiger partial charge in [0.05, 0.1) is 5.75 Å². The van der Waals surface area contributed by atoms with Gasteiger partial charge in [-0.3, -0.25) is 9.36 Å². The molecular weight excluding hydrogens is 392 g/mol. The summed E-state index contributed by atoms with van der Waals surface area (Å²) in [5.41, 5.74) is 5.47. The average molecular weight is 423 g/mol. The van der Waals surface area contributed by atoms with E-state index in [0.29, 0.717) is 17.0 Å². The molecule has 0 radical (unpaired) electrons. The summed E-state index contributed by atoms with van der Waals surface area (Å²) in [4.78, 5) is 12.8. The van der Waals surface area contributed by atoms with Gasteiger partial charge in [-0.1, -0.05) is 75.4 Å². The molecule has 3 rings (SSSR count). The number of rotatable bonds is 7. The largest absolute Gasteiger partial charge is 0.325 e. The highest BCUT2D eigenvalue weighted by Gasteiger charge is 2.18. The van der Waals surface area contributed by atoms with Crippen molar-refractivity contribution >= 4 is 23.4 Å². The average Bonchev–Trinajstić information content (AvgIpc) is 3.07. The molecule has 0 aliphatic rings. The van der Waals surface area contributed by atoms with Crippen LogP contribution in [0.3, 0.4) is 0 Å². The van der Waals surface area contributed by atoms with Crippen molar-refractivity contribution in [3.8, 4) is 5.69 Å². The predicted octanol–water partition coefficient (Wildman–Crippen LogP) is 5.86. The van der Waals surface area contributed by atoms with Crippen molar-refractivity contribution in [3.63, 3.8) is 0 Å². The maximum absolute atomic E-state index is 12.8. The van der Waals surface area contributed by atoms with Gasteiger partial charge >= 0.3 is 0 Å². The number of para-hydroxylation sites is 1. The summed E-state index contributed by atoms with van der Waals surface area (Å²) >= 11 is 1.40. The zero-order valence-electron chi connectivity index (χ0n) is 18.6. The summed E-state index contributed by atoms with van der Waals surface area (Å²) < 4.78 is 1.99. The number of hydrogen-bond acceptors (Lipinski definition) is 4. The molecular formula is C24H30N4OS. The molecule has 0 spiro atoms. The van der Waals surface area contributed by atoms with Crippen LogP contribution in [0.25, 0.3) is 5.69 Å². The molecule has 2 aromatic carbocycles. The third-order valence-corrected chi connectivity index (χ3v) is 5.99. The number of nitrogens with zero attached hydrogens (tertiary/aromatic N) is 3. The van der Waals surface area contributed by atoms with Crippen LogP contribution in [0.4, 0.5) is 5.69 Å². The molecule has 0 aliphatic carbocycles. The number of carbonyl (C=O) groups is 1. The van der Waals surface area contributed by atoms with Crippen LogP contribution < -0.4 is 5.32 Å². The Balaban J connectivity index is 1.78. The smallest absolute Gasteiger partial charge is 0.234 e.